The maximum atomic E-state index is 11.0. The summed E-state index contributed by atoms with van der Waals surface area (Å²) in [6, 6.07) is 0. The SMILES string of the molecule is CCO[Si](C)([O-])OCC.[Na+]. The van der Waals surface area contributed by atoms with E-state index in [0.29, 0.717) is 13.2 Å². The molecule has 0 bridgehead atoms. The molecule has 0 spiro atoms. The van der Waals surface area contributed by atoms with E-state index in [4.69, 9.17) is 8.85 Å². The molecule has 3 nitrogen and oxygen atoms in total. The first-order valence-electron chi connectivity index (χ1n) is 3.10. The van der Waals surface area contributed by atoms with Crippen LogP contribution >= 0.6 is 0 Å². The zero-order chi connectivity index (χ0) is 7.33. The third-order valence-corrected chi connectivity index (χ3v) is 2.44. The van der Waals surface area contributed by atoms with Crippen LogP contribution in [-0.4, -0.2) is 22.0 Å². The van der Waals surface area contributed by atoms with Crippen molar-refractivity contribution in [3.63, 3.8) is 0 Å². The van der Waals surface area contributed by atoms with Crippen LogP contribution in [0.1, 0.15) is 13.8 Å². The zero-order valence-corrected chi connectivity index (χ0v) is 10.1. The van der Waals surface area contributed by atoms with Gasteiger partial charge in [0, 0.05) is 13.2 Å². The Balaban J connectivity index is 0. The largest absolute Gasteiger partial charge is 1.00 e. The molecule has 0 saturated carbocycles. The van der Waals surface area contributed by atoms with Crippen LogP contribution < -0.4 is 34.4 Å². The maximum Gasteiger partial charge on any atom is 1.00 e. The molecular formula is C5H13NaO3Si. The van der Waals surface area contributed by atoms with Gasteiger partial charge in [0.1, 0.15) is 0 Å². The Bertz CT molecular complexity index is 71.3. The molecule has 0 heterocycles. The second kappa shape index (κ2) is 6.79. The second-order valence-corrected chi connectivity index (χ2v) is 4.03. The van der Waals surface area contributed by atoms with Crippen LogP contribution in [0.2, 0.25) is 6.55 Å². The number of rotatable bonds is 4. The van der Waals surface area contributed by atoms with Gasteiger partial charge < -0.3 is 13.6 Å². The van der Waals surface area contributed by atoms with Gasteiger partial charge in [-0.3, -0.25) is 0 Å². The predicted molar refractivity (Wildman–Crippen MR) is 34.9 cm³/mol. The predicted octanol–water partition coefficient (Wildman–Crippen LogP) is -3.01. The zero-order valence-electron chi connectivity index (χ0n) is 7.14. The molecule has 0 N–H and O–H groups in total. The first kappa shape index (κ1) is 13.7. The summed E-state index contributed by atoms with van der Waals surface area (Å²) in [7, 11) is -2.95. The topological polar surface area (TPSA) is 41.5 Å². The molecule has 0 aromatic carbocycles. The Kier molecular flexibility index (Phi) is 9.28. The van der Waals surface area contributed by atoms with E-state index in [1.54, 1.807) is 13.8 Å². The molecule has 5 heteroatoms. The quantitative estimate of drug-likeness (QED) is 0.424. The first-order valence-corrected chi connectivity index (χ1v) is 5.33. The van der Waals surface area contributed by atoms with Crippen LogP contribution in [0.25, 0.3) is 0 Å². The Morgan fingerprint density at radius 1 is 1.20 bits per heavy atom. The van der Waals surface area contributed by atoms with Gasteiger partial charge in [-0.25, -0.2) is 0 Å². The van der Waals surface area contributed by atoms with Gasteiger partial charge in [-0.05, 0) is 20.4 Å². The normalized spacial score (nSPS) is 10.8. The van der Waals surface area contributed by atoms with Gasteiger partial charge in [0.2, 0.25) is 8.80 Å². The molecule has 56 valence electrons. The van der Waals surface area contributed by atoms with Gasteiger partial charge in [0.25, 0.3) is 0 Å². The molecule has 0 radical (unpaired) electrons. The average molecular weight is 172 g/mol. The van der Waals surface area contributed by atoms with Crippen molar-refractivity contribution in [1.82, 2.24) is 0 Å². The van der Waals surface area contributed by atoms with Crippen molar-refractivity contribution >= 4 is 8.80 Å². The molecule has 0 aromatic heterocycles. The van der Waals surface area contributed by atoms with Crippen molar-refractivity contribution in [2.24, 2.45) is 0 Å². The molecular weight excluding hydrogens is 159 g/mol. The van der Waals surface area contributed by atoms with Crippen LogP contribution in [0, 0.1) is 0 Å². The minimum absolute atomic E-state index is 0. The van der Waals surface area contributed by atoms with Crippen molar-refractivity contribution in [1.29, 1.82) is 0 Å². The van der Waals surface area contributed by atoms with E-state index in [1.807, 2.05) is 0 Å². The van der Waals surface area contributed by atoms with Crippen LogP contribution in [-0.2, 0) is 8.85 Å². The maximum absolute atomic E-state index is 11.0. The molecule has 0 aromatic rings. The smallest absolute Gasteiger partial charge is 0.817 e. The monoisotopic (exact) mass is 172 g/mol. The Morgan fingerprint density at radius 2 is 1.50 bits per heavy atom. The van der Waals surface area contributed by atoms with Gasteiger partial charge in [0.05, 0.1) is 0 Å². The summed E-state index contributed by atoms with van der Waals surface area (Å²) in [6.07, 6.45) is 0. The summed E-state index contributed by atoms with van der Waals surface area (Å²) >= 11 is 0. The summed E-state index contributed by atoms with van der Waals surface area (Å²) in [5.74, 6) is 0. The fraction of sp³-hybridized carbons (Fsp3) is 1.00. The van der Waals surface area contributed by atoms with Crippen LogP contribution in [0.5, 0.6) is 0 Å². The molecule has 0 saturated heterocycles. The molecule has 0 aliphatic carbocycles. The number of hydrogen-bond acceptors (Lipinski definition) is 3. The van der Waals surface area contributed by atoms with Crippen LogP contribution in [0.4, 0.5) is 0 Å². The van der Waals surface area contributed by atoms with Gasteiger partial charge in [-0.1, -0.05) is 0 Å². The van der Waals surface area contributed by atoms with E-state index in [2.05, 4.69) is 0 Å². The van der Waals surface area contributed by atoms with E-state index in [1.165, 1.54) is 6.55 Å². The number of hydrogen-bond donors (Lipinski definition) is 0. The van der Waals surface area contributed by atoms with Crippen LogP contribution in [0.3, 0.4) is 0 Å². The van der Waals surface area contributed by atoms with E-state index in [-0.39, 0.29) is 29.6 Å². The van der Waals surface area contributed by atoms with Crippen molar-refractivity contribution in [2.45, 2.75) is 20.4 Å². The molecule has 0 amide bonds. The first-order chi connectivity index (χ1) is 4.12. The van der Waals surface area contributed by atoms with Gasteiger partial charge >= 0.3 is 29.6 Å². The Morgan fingerprint density at radius 3 is 1.70 bits per heavy atom. The third kappa shape index (κ3) is 7.21. The summed E-state index contributed by atoms with van der Waals surface area (Å²) in [6.45, 7) is 5.99. The van der Waals surface area contributed by atoms with Crippen molar-refractivity contribution in [3.05, 3.63) is 0 Å². The van der Waals surface area contributed by atoms with Crippen molar-refractivity contribution in [2.75, 3.05) is 13.2 Å². The van der Waals surface area contributed by atoms with Crippen molar-refractivity contribution < 1.29 is 43.2 Å². The molecule has 10 heavy (non-hydrogen) atoms. The van der Waals surface area contributed by atoms with Gasteiger partial charge in [0.15, 0.2) is 0 Å². The summed E-state index contributed by atoms with van der Waals surface area (Å²) in [5, 5.41) is 0. The van der Waals surface area contributed by atoms with Gasteiger partial charge in [-0.2, -0.15) is 0 Å². The van der Waals surface area contributed by atoms with Crippen LogP contribution in [0.15, 0.2) is 0 Å². The van der Waals surface area contributed by atoms with E-state index in [9.17, 15) is 4.80 Å². The van der Waals surface area contributed by atoms with E-state index >= 15 is 0 Å². The fourth-order valence-corrected chi connectivity index (χ4v) is 1.70. The molecule has 0 fully saturated rings. The summed E-state index contributed by atoms with van der Waals surface area (Å²) in [4.78, 5) is 11.0. The molecule has 0 atom stereocenters. The van der Waals surface area contributed by atoms with E-state index < -0.39 is 8.80 Å². The molecule has 0 aliphatic heterocycles. The minimum atomic E-state index is -2.95. The Labute approximate surface area is 85.4 Å². The average Bonchev–Trinajstić information content (AvgIpc) is 1.64. The minimum Gasteiger partial charge on any atom is -0.817 e. The Hall–Kier alpha value is 1.10. The molecule has 0 unspecified atom stereocenters. The standard InChI is InChI=1S/C5H13O3Si.Na/c1-4-7-9(3,6)8-5-2;/h4-5H2,1-3H3;/q-1;+1. The van der Waals surface area contributed by atoms with Crippen molar-refractivity contribution in [3.8, 4) is 0 Å². The molecule has 0 rings (SSSR count). The second-order valence-electron chi connectivity index (χ2n) is 1.73. The fourth-order valence-electron chi connectivity index (χ4n) is 0.566. The van der Waals surface area contributed by atoms with E-state index in [0.717, 1.165) is 0 Å². The summed E-state index contributed by atoms with van der Waals surface area (Å²) < 4.78 is 9.66. The van der Waals surface area contributed by atoms with Gasteiger partial charge in [-0.15, -0.1) is 0 Å². The summed E-state index contributed by atoms with van der Waals surface area (Å²) in [5.41, 5.74) is 0. The molecule has 0 aliphatic rings. The third-order valence-electron chi connectivity index (χ3n) is 0.813.